The number of rotatable bonds is 2. The first-order chi connectivity index (χ1) is 12.5. The summed E-state index contributed by atoms with van der Waals surface area (Å²) in [6, 6.07) is 7.59. The molecule has 4 rings (SSSR count). The number of aromatic nitrogens is 1. The van der Waals surface area contributed by atoms with Gasteiger partial charge in [0.1, 0.15) is 5.82 Å². The zero-order valence-corrected chi connectivity index (χ0v) is 14.7. The summed E-state index contributed by atoms with van der Waals surface area (Å²) in [7, 11) is 1.43. The van der Waals surface area contributed by atoms with Crippen molar-refractivity contribution in [3.63, 3.8) is 0 Å². The quantitative estimate of drug-likeness (QED) is 0.630. The standard InChI is InChI=1S/C20H15ClFNO3/c1-26-17-8-10(7-14(21)20(17)25)6-11-2-4-16-18(19(11)24)13-9-12(22)3-5-15(13)23-16/h3,5-9,23,25H,2,4H2,1H3. The summed E-state index contributed by atoms with van der Waals surface area (Å²) in [4.78, 5) is 16.2. The first kappa shape index (κ1) is 16.7. The highest BCUT2D eigenvalue weighted by molar-refractivity contribution is 6.32. The summed E-state index contributed by atoms with van der Waals surface area (Å²) in [6.45, 7) is 0. The number of phenolic OH excluding ortho intramolecular Hbond substituents is 1. The molecule has 0 atom stereocenters. The summed E-state index contributed by atoms with van der Waals surface area (Å²) < 4.78 is 18.7. The second-order valence-electron chi connectivity index (χ2n) is 6.22. The van der Waals surface area contributed by atoms with Gasteiger partial charge in [0.25, 0.3) is 0 Å². The molecule has 1 aliphatic rings. The Bertz CT molecular complexity index is 1080. The lowest BCUT2D eigenvalue weighted by atomic mass is 9.88. The van der Waals surface area contributed by atoms with Crippen LogP contribution in [-0.2, 0) is 6.42 Å². The van der Waals surface area contributed by atoms with Crippen molar-refractivity contribution in [2.75, 3.05) is 7.11 Å². The highest BCUT2D eigenvalue weighted by Crippen LogP contribution is 2.37. The van der Waals surface area contributed by atoms with Crippen molar-refractivity contribution in [2.45, 2.75) is 12.8 Å². The Morgan fingerprint density at radius 2 is 2.08 bits per heavy atom. The number of halogens is 2. The van der Waals surface area contributed by atoms with Crippen molar-refractivity contribution in [2.24, 2.45) is 0 Å². The van der Waals surface area contributed by atoms with E-state index in [0.29, 0.717) is 34.9 Å². The normalized spacial score (nSPS) is 15.5. The highest BCUT2D eigenvalue weighted by atomic mass is 35.5. The Labute approximate surface area is 153 Å². The number of aryl methyl sites for hydroxylation is 1. The third-order valence-electron chi connectivity index (χ3n) is 4.61. The number of hydrogen-bond donors (Lipinski definition) is 2. The molecule has 2 aromatic carbocycles. The smallest absolute Gasteiger partial charge is 0.191 e. The number of ether oxygens (including phenoxy) is 1. The second kappa shape index (κ2) is 6.18. The van der Waals surface area contributed by atoms with E-state index in [4.69, 9.17) is 16.3 Å². The maximum atomic E-state index is 13.6. The number of methoxy groups -OCH3 is 1. The van der Waals surface area contributed by atoms with E-state index >= 15 is 0 Å². The van der Waals surface area contributed by atoms with Crippen molar-refractivity contribution in [1.82, 2.24) is 4.98 Å². The van der Waals surface area contributed by atoms with Crippen LogP contribution in [0.25, 0.3) is 17.0 Å². The topological polar surface area (TPSA) is 62.3 Å². The van der Waals surface area contributed by atoms with Crippen LogP contribution in [0.2, 0.25) is 5.02 Å². The van der Waals surface area contributed by atoms with Crippen LogP contribution in [0.15, 0.2) is 35.9 Å². The molecule has 1 aliphatic carbocycles. The van der Waals surface area contributed by atoms with Gasteiger partial charge in [-0.3, -0.25) is 4.79 Å². The van der Waals surface area contributed by atoms with Crippen molar-refractivity contribution in [1.29, 1.82) is 0 Å². The van der Waals surface area contributed by atoms with Crippen molar-refractivity contribution < 1.29 is 19.0 Å². The molecule has 26 heavy (non-hydrogen) atoms. The SMILES string of the molecule is COc1cc(C=C2CCc3[nH]c4ccc(F)cc4c3C2=O)cc(Cl)c1O. The predicted molar refractivity (Wildman–Crippen MR) is 98.6 cm³/mol. The van der Waals surface area contributed by atoms with Gasteiger partial charge >= 0.3 is 0 Å². The number of aromatic amines is 1. The molecule has 0 saturated heterocycles. The molecule has 0 radical (unpaired) electrons. The Balaban J connectivity index is 1.80. The second-order valence-corrected chi connectivity index (χ2v) is 6.63. The summed E-state index contributed by atoms with van der Waals surface area (Å²) in [5, 5.41) is 10.6. The summed E-state index contributed by atoms with van der Waals surface area (Å²) >= 11 is 6.02. The number of ketones is 1. The Hall–Kier alpha value is -2.79. The number of carbonyl (C=O) groups excluding carboxylic acids is 1. The van der Waals surface area contributed by atoms with Crippen LogP contribution in [0.4, 0.5) is 4.39 Å². The van der Waals surface area contributed by atoms with Gasteiger partial charge in [0, 0.05) is 22.2 Å². The Morgan fingerprint density at radius 1 is 1.27 bits per heavy atom. The number of carbonyl (C=O) groups is 1. The molecule has 6 heteroatoms. The molecule has 2 N–H and O–H groups in total. The molecular weight excluding hydrogens is 357 g/mol. The molecule has 0 bridgehead atoms. The number of Topliss-reactive ketones (excluding diaryl/α,β-unsaturated/α-hetero) is 1. The van der Waals surface area contributed by atoms with Crippen molar-refractivity contribution >= 4 is 34.4 Å². The first-order valence-corrected chi connectivity index (χ1v) is 8.47. The molecule has 4 nitrogen and oxygen atoms in total. The molecule has 3 aromatic rings. The number of fused-ring (bicyclic) bond motifs is 3. The molecule has 0 fully saturated rings. The molecule has 0 saturated carbocycles. The van der Waals surface area contributed by atoms with Crippen LogP contribution in [-0.4, -0.2) is 23.0 Å². The van der Waals surface area contributed by atoms with Gasteiger partial charge < -0.3 is 14.8 Å². The molecule has 0 unspecified atom stereocenters. The first-order valence-electron chi connectivity index (χ1n) is 8.10. The number of H-pyrrole nitrogens is 1. The lowest BCUT2D eigenvalue weighted by Crippen LogP contribution is -2.13. The fourth-order valence-corrected chi connectivity index (χ4v) is 3.59. The van der Waals surface area contributed by atoms with Crippen LogP contribution in [0.1, 0.15) is 28.0 Å². The van der Waals surface area contributed by atoms with Gasteiger partial charge in [-0.25, -0.2) is 4.39 Å². The van der Waals surface area contributed by atoms with Gasteiger partial charge in [-0.05, 0) is 54.8 Å². The van der Waals surface area contributed by atoms with E-state index in [-0.39, 0.29) is 28.1 Å². The van der Waals surface area contributed by atoms with E-state index in [2.05, 4.69) is 4.98 Å². The van der Waals surface area contributed by atoms with Crippen LogP contribution in [0.3, 0.4) is 0 Å². The minimum Gasteiger partial charge on any atom is -0.503 e. The lowest BCUT2D eigenvalue weighted by molar-refractivity contribution is 0.102. The third-order valence-corrected chi connectivity index (χ3v) is 4.90. The van der Waals surface area contributed by atoms with E-state index in [0.717, 1.165) is 11.2 Å². The largest absolute Gasteiger partial charge is 0.503 e. The van der Waals surface area contributed by atoms with Gasteiger partial charge in [-0.2, -0.15) is 0 Å². The van der Waals surface area contributed by atoms with E-state index in [1.54, 1.807) is 24.3 Å². The van der Waals surface area contributed by atoms with E-state index in [1.165, 1.54) is 19.2 Å². The van der Waals surface area contributed by atoms with Crippen molar-refractivity contribution in [3.05, 3.63) is 63.6 Å². The maximum absolute atomic E-state index is 13.6. The van der Waals surface area contributed by atoms with Gasteiger partial charge in [0.2, 0.25) is 0 Å². The van der Waals surface area contributed by atoms with Crippen molar-refractivity contribution in [3.8, 4) is 11.5 Å². The van der Waals surface area contributed by atoms with Crippen LogP contribution in [0, 0.1) is 5.82 Å². The summed E-state index contributed by atoms with van der Waals surface area (Å²) in [5.74, 6) is -0.410. The average Bonchev–Trinajstić information content (AvgIpc) is 2.98. The zero-order chi connectivity index (χ0) is 18.4. The van der Waals surface area contributed by atoms with Crippen LogP contribution >= 0.6 is 11.6 Å². The molecule has 0 spiro atoms. The molecule has 0 aliphatic heterocycles. The lowest BCUT2D eigenvalue weighted by Gasteiger charge is -2.15. The van der Waals surface area contributed by atoms with Crippen LogP contribution < -0.4 is 4.74 Å². The van der Waals surface area contributed by atoms with Crippen LogP contribution in [0.5, 0.6) is 11.5 Å². The minimum absolute atomic E-state index is 0.133. The fraction of sp³-hybridized carbons (Fsp3) is 0.150. The van der Waals surface area contributed by atoms with E-state index < -0.39 is 0 Å². The minimum atomic E-state index is -0.377. The summed E-state index contributed by atoms with van der Waals surface area (Å²) in [5.41, 5.74) is 3.36. The number of allylic oxidation sites excluding steroid dienone is 1. The number of hydrogen-bond acceptors (Lipinski definition) is 3. The number of aromatic hydroxyl groups is 1. The fourth-order valence-electron chi connectivity index (χ4n) is 3.37. The van der Waals surface area contributed by atoms with Gasteiger partial charge in [-0.1, -0.05) is 11.6 Å². The van der Waals surface area contributed by atoms with E-state index in [1.807, 2.05) is 0 Å². The molecule has 132 valence electrons. The van der Waals surface area contributed by atoms with Gasteiger partial charge in [0.15, 0.2) is 17.3 Å². The van der Waals surface area contributed by atoms with E-state index in [9.17, 15) is 14.3 Å². The van der Waals surface area contributed by atoms with Gasteiger partial charge in [0.05, 0.1) is 17.7 Å². The highest BCUT2D eigenvalue weighted by Gasteiger charge is 2.26. The molecule has 0 amide bonds. The maximum Gasteiger partial charge on any atom is 0.191 e. The molecule has 1 aromatic heterocycles. The van der Waals surface area contributed by atoms with Gasteiger partial charge in [-0.15, -0.1) is 0 Å². The Morgan fingerprint density at radius 3 is 2.85 bits per heavy atom. The summed E-state index contributed by atoms with van der Waals surface area (Å²) in [6.07, 6.45) is 2.95. The Kier molecular flexibility index (Phi) is 3.96. The number of phenols is 1. The monoisotopic (exact) mass is 371 g/mol. The predicted octanol–water partition coefficient (Wildman–Crippen LogP) is 4.89. The zero-order valence-electron chi connectivity index (χ0n) is 13.9. The molecular formula is C20H15ClFNO3. The number of nitrogens with one attached hydrogen (secondary N) is 1. The number of benzene rings is 2. The average molecular weight is 372 g/mol. The molecule has 1 heterocycles. The third kappa shape index (κ3) is 2.65.